The second-order valence-corrected chi connectivity index (χ2v) is 36.1. The Morgan fingerprint density at radius 2 is 0.861 bits per heavy atom. The summed E-state index contributed by atoms with van der Waals surface area (Å²) < 4.78 is 164. The first-order valence-electron chi connectivity index (χ1n) is 48.2. The predicted molar refractivity (Wildman–Crippen MR) is 532 cm³/mol. The van der Waals surface area contributed by atoms with Crippen molar-refractivity contribution in [3.8, 4) is 0 Å². The van der Waals surface area contributed by atoms with Gasteiger partial charge >= 0.3 is 0 Å². The van der Waals surface area contributed by atoms with E-state index in [1.54, 1.807) is 145 Å². The van der Waals surface area contributed by atoms with Crippen LogP contribution in [0.5, 0.6) is 0 Å². The molecule has 10 aliphatic rings. The number of ether oxygens (including phenoxy) is 18. The lowest BCUT2D eigenvalue weighted by molar-refractivity contribution is -0.171. The normalized spacial score (nSPS) is 27.4. The standard InChI is InChI=1S/C22H23FO4.3C13H15FO2.C12H16FNO2.C8H16O3.C6H9NO2.C6H11NO2.C6H10O2.C5H12O3.C5H10O3/c1-15-22(17(13-24)14-27-15,19-9-5-6-10-20(19)23)12-18(25)11-21(26)16-7-3-2-4-8-16;3*1-9-13(8-15-6-10(13)7-16-9)11-4-2-3-5-12(11)14;1-8-12(14,9(6-15)7-16-8)10-4-2-3-5-11(10)13;1-5-6-11-7(2)8(9-3)10-4;1-4-6-5(2-8-4)3-9-7-6;1-3-4-9-6(2)5-7-8;1-3-4-8-6(2)5-7;2*1-4(6)5(7-2)8-3/h2-10,15,17,24H,11-14H2,1H3;3*2-5,9-10H,6-8H2,1H3;2-5,8-9,15H,6-7,14H2,1H3;5,7-8H,1,6H2,2-4H3;4-5H,2-3H2,1H3;3,5-6,8H,1,4H2,2H3;3,5-6H,1,4H2,2H3;4-6H,1-3H3;5H,1-3H3/b;;;;;;;7-5+;;;/t15-,17+,22+;2*9-,10+,13+;9-,10-,13-;8-,9+,12-;;4?,5-;;;;/m00010.0..../s1. The first kappa shape index (κ1) is 124. The van der Waals surface area contributed by atoms with Crippen LogP contribution >= 0.6 is 0 Å². The highest BCUT2D eigenvalue weighted by Crippen LogP contribution is 2.52. The number of carbonyl (C=O) groups is 4. The van der Waals surface area contributed by atoms with Gasteiger partial charge in [-0.2, -0.15) is 0 Å². The quantitative estimate of drug-likeness (QED) is 0.00301. The highest BCUT2D eigenvalue weighted by atomic mass is 19.1. The van der Waals surface area contributed by atoms with E-state index < -0.39 is 47.5 Å². The van der Waals surface area contributed by atoms with Crippen LogP contribution in [0, 0.1) is 64.6 Å². The van der Waals surface area contributed by atoms with Gasteiger partial charge in [0.1, 0.15) is 66.1 Å². The lowest BCUT2D eigenvalue weighted by Crippen LogP contribution is -2.50. The maximum atomic E-state index is 14.6. The summed E-state index contributed by atoms with van der Waals surface area (Å²) in [5.41, 5.74) is 8.09. The molecule has 0 radical (unpaired) electrons. The number of hydrogen-bond donors (Lipinski definition) is 5. The zero-order chi connectivity index (χ0) is 106. The van der Waals surface area contributed by atoms with Crippen molar-refractivity contribution in [2.75, 3.05) is 162 Å². The molecule has 0 aromatic heterocycles. The van der Waals surface area contributed by atoms with E-state index in [0.717, 1.165) is 41.9 Å². The molecular weight excluding hydrogens is 1880 g/mol. The van der Waals surface area contributed by atoms with Crippen LogP contribution in [-0.4, -0.2) is 298 Å². The summed E-state index contributed by atoms with van der Waals surface area (Å²) in [7, 11) is 9.00. The van der Waals surface area contributed by atoms with E-state index in [1.807, 2.05) is 77.9 Å². The summed E-state index contributed by atoms with van der Waals surface area (Å²) in [6.07, 6.45) is 3.65. The number of aldehydes is 1. The first-order chi connectivity index (χ1) is 69.0. The molecule has 6 aromatic rings. The molecule has 800 valence electrons. The minimum Gasteiger partial charge on any atom is -0.411 e. The number of aliphatic hydroxyl groups is 3. The monoisotopic (exact) mass is 2030 g/mol. The van der Waals surface area contributed by atoms with Crippen molar-refractivity contribution < 1.29 is 152 Å². The Bertz CT molecular complexity index is 4680. The summed E-state index contributed by atoms with van der Waals surface area (Å²) in [5, 5.41) is 42.6. The Morgan fingerprint density at radius 3 is 1.22 bits per heavy atom. The Kier molecular flexibility index (Phi) is 54.0. The van der Waals surface area contributed by atoms with E-state index in [-0.39, 0.29) is 151 Å². The number of Topliss-reactive ketones (excluding diaryl/α,β-unsaturated/α-hetero) is 3. The molecular formula is C109H152F5N3O27. The third kappa shape index (κ3) is 32.5. The molecule has 16 rings (SSSR count). The van der Waals surface area contributed by atoms with Crippen LogP contribution in [0.2, 0.25) is 0 Å². The third-order valence-corrected chi connectivity index (χ3v) is 27.3. The molecule has 30 nitrogen and oxygen atoms in total. The molecule has 0 aliphatic carbocycles. The number of methoxy groups -OCH3 is 6. The van der Waals surface area contributed by atoms with Crippen molar-refractivity contribution >= 4 is 35.6 Å². The van der Waals surface area contributed by atoms with Crippen LogP contribution in [0.3, 0.4) is 0 Å². The van der Waals surface area contributed by atoms with Crippen LogP contribution in [0.4, 0.5) is 22.0 Å². The van der Waals surface area contributed by atoms with Crippen molar-refractivity contribution in [3.63, 3.8) is 0 Å². The van der Waals surface area contributed by atoms with Gasteiger partial charge in [0, 0.05) is 102 Å². The van der Waals surface area contributed by atoms with Gasteiger partial charge in [-0.3, -0.25) is 14.4 Å². The molecule has 5 unspecified atom stereocenters. The Balaban J connectivity index is 0.000000248. The maximum Gasteiger partial charge on any atom is 0.216 e. The average molecular weight is 2030 g/mol. The minimum atomic E-state index is -0.992. The molecule has 21 atom stereocenters. The molecule has 10 heterocycles. The third-order valence-electron chi connectivity index (χ3n) is 27.3. The molecule has 144 heavy (non-hydrogen) atoms. The molecule has 35 heteroatoms. The molecule has 0 spiro atoms. The Labute approximate surface area is 844 Å². The number of rotatable bonds is 32. The van der Waals surface area contributed by atoms with Gasteiger partial charge in [0.2, 0.25) is 6.29 Å². The molecule has 0 saturated carbocycles. The zero-order valence-corrected chi connectivity index (χ0v) is 86.1. The number of oxime groups is 2. The number of ketones is 3. The predicted octanol–water partition coefficient (Wildman–Crippen LogP) is 14.3. The summed E-state index contributed by atoms with van der Waals surface area (Å²) in [6, 6.07) is 42.3. The Hall–Kier alpha value is -9.07. The number of carbonyl (C=O) groups excluding carboxylic acids is 4. The second-order valence-electron chi connectivity index (χ2n) is 36.1. The van der Waals surface area contributed by atoms with Crippen molar-refractivity contribution in [2.24, 2.45) is 51.6 Å². The van der Waals surface area contributed by atoms with Gasteiger partial charge in [0.15, 0.2) is 24.1 Å². The van der Waals surface area contributed by atoms with E-state index in [0.29, 0.717) is 126 Å². The number of benzene rings is 6. The van der Waals surface area contributed by atoms with Gasteiger partial charge in [0.25, 0.3) is 0 Å². The topological polar surface area (TPSA) is 375 Å². The number of nitrogens with two attached hydrogens (primary N) is 1. The lowest BCUT2D eigenvalue weighted by Gasteiger charge is -2.37. The van der Waals surface area contributed by atoms with Gasteiger partial charge in [-0.15, -0.1) is 19.7 Å². The fourth-order valence-corrected chi connectivity index (χ4v) is 19.1. The maximum absolute atomic E-state index is 14.6. The largest absolute Gasteiger partial charge is 0.411 e. The number of fused-ring (bicyclic) bond motifs is 4. The van der Waals surface area contributed by atoms with E-state index in [4.69, 9.17) is 87.2 Å². The van der Waals surface area contributed by atoms with Crippen LogP contribution < -0.4 is 5.73 Å². The molecule has 6 N–H and O–H groups in total. The minimum absolute atomic E-state index is 0.0249. The first-order valence-corrected chi connectivity index (χ1v) is 48.2. The summed E-state index contributed by atoms with van der Waals surface area (Å²) in [6.45, 7) is 39.5. The van der Waals surface area contributed by atoms with Crippen LogP contribution in [0.15, 0.2) is 200 Å². The van der Waals surface area contributed by atoms with Gasteiger partial charge in [-0.25, -0.2) is 22.0 Å². The number of hydrogen-bond acceptors (Lipinski definition) is 30. The molecule has 10 aliphatic heterocycles. The number of halogens is 5. The van der Waals surface area contributed by atoms with Crippen LogP contribution in [0.1, 0.15) is 127 Å². The summed E-state index contributed by atoms with van der Waals surface area (Å²) in [4.78, 5) is 50.3. The van der Waals surface area contributed by atoms with Crippen molar-refractivity contribution in [1.29, 1.82) is 0 Å². The van der Waals surface area contributed by atoms with Gasteiger partial charge in [0.05, 0.1) is 194 Å². The smallest absolute Gasteiger partial charge is 0.216 e. The highest BCUT2D eigenvalue weighted by molar-refractivity contribution is 6.08. The van der Waals surface area contributed by atoms with Crippen molar-refractivity contribution in [1.82, 2.24) is 0 Å². The molecule has 0 amide bonds. The summed E-state index contributed by atoms with van der Waals surface area (Å²) >= 11 is 0. The fourth-order valence-electron chi connectivity index (χ4n) is 19.1. The fraction of sp³-hybridized carbons (Fsp3) is 0.560. The van der Waals surface area contributed by atoms with E-state index >= 15 is 0 Å². The lowest BCUT2D eigenvalue weighted by atomic mass is 9.65. The van der Waals surface area contributed by atoms with E-state index in [2.05, 4.69) is 49.0 Å². The second kappa shape index (κ2) is 62.9. The SMILES string of the molecule is C=CCOC(C)/C=N/O.C=CCOC(C)C(OC)OC.C=CCOC(C)C=O.CC1OC[C@H]2CON=C12.COC(OC)C(C)=O.COC(OC)C(C)O.C[C@@H]1OC[C@@H](CO)[C@]1(CC(=O)CC(=O)c1ccccc1)c1ccccc1F.C[C@@H]1OC[C@@H](CO)[C@]1(N)c1ccccc1F.C[C@@H]1OC[C@H]2COC[C@]21c1ccccc1F.C[C@@H]1OC[C@H]2COC[C@]21c1ccccc1F.C[C@H]1OC[C@H]2COC[C@]21c1ccccc1F. The van der Waals surface area contributed by atoms with Crippen molar-refractivity contribution in [3.05, 3.63) is 252 Å². The molecule has 6 aromatic carbocycles. The van der Waals surface area contributed by atoms with Crippen LogP contribution in [0.25, 0.3) is 0 Å². The van der Waals surface area contributed by atoms with Gasteiger partial charge in [-0.05, 0) is 129 Å². The van der Waals surface area contributed by atoms with E-state index in [1.165, 1.54) is 71.9 Å². The average Bonchev–Trinajstić information content (AvgIpc) is 1.59. The molecule has 9 fully saturated rings. The van der Waals surface area contributed by atoms with Crippen LogP contribution in [-0.2, 0) is 132 Å². The van der Waals surface area contributed by atoms with E-state index in [9.17, 15) is 51.3 Å². The van der Waals surface area contributed by atoms with Gasteiger partial charge in [-0.1, -0.05) is 150 Å². The zero-order valence-electron chi connectivity index (χ0n) is 86.1. The highest BCUT2D eigenvalue weighted by Gasteiger charge is 2.59. The molecule has 0 bridgehead atoms. The Morgan fingerprint density at radius 1 is 0.479 bits per heavy atom. The number of aliphatic hydroxyl groups excluding tert-OH is 3. The number of nitrogens with zero attached hydrogens (tertiary/aromatic N) is 2. The van der Waals surface area contributed by atoms with Crippen molar-refractivity contribution in [2.45, 2.75) is 196 Å². The van der Waals surface area contributed by atoms with Gasteiger partial charge < -0.3 is 121 Å². The molecule has 9 saturated heterocycles. The summed E-state index contributed by atoms with van der Waals surface area (Å²) in [5.74, 6) is -1.23.